The van der Waals surface area contributed by atoms with Gasteiger partial charge < -0.3 is 35.4 Å². The summed E-state index contributed by atoms with van der Waals surface area (Å²) in [4.78, 5) is 79.9. The van der Waals surface area contributed by atoms with Gasteiger partial charge in [-0.25, -0.2) is 42.5 Å². The normalized spacial score (nSPS) is 21.2. The van der Waals surface area contributed by atoms with Crippen LogP contribution in [-0.2, 0) is 41.8 Å². The number of pyridine rings is 2. The topological polar surface area (TPSA) is 230 Å². The van der Waals surface area contributed by atoms with E-state index in [1.807, 2.05) is 64.4 Å². The Kier molecular flexibility index (Phi) is 16.8. The van der Waals surface area contributed by atoms with Gasteiger partial charge in [0.15, 0.2) is 21.5 Å². The first kappa shape index (κ1) is 57.1. The number of aliphatic hydroxyl groups excluding tert-OH is 1. The smallest absolute Gasteiger partial charge is 0.260 e. The molecule has 0 bridgehead atoms. The molecule has 1 fully saturated rings. The molecule has 3 aromatic heterocycles. The lowest BCUT2D eigenvalue weighted by molar-refractivity contribution is -0.139. The van der Waals surface area contributed by atoms with Crippen LogP contribution < -0.4 is 31.9 Å². The molecule has 79 heavy (non-hydrogen) atoms. The van der Waals surface area contributed by atoms with E-state index in [1.54, 1.807) is 35.6 Å². The van der Waals surface area contributed by atoms with Crippen molar-refractivity contribution in [2.24, 2.45) is 17.5 Å². The van der Waals surface area contributed by atoms with E-state index in [0.29, 0.717) is 54.0 Å². The number of likely N-dealkylation sites (tertiary alicyclic amines) is 1. The summed E-state index contributed by atoms with van der Waals surface area (Å²) in [6, 6.07) is 8.28. The zero-order valence-electron chi connectivity index (χ0n) is 45.8. The summed E-state index contributed by atoms with van der Waals surface area (Å²) in [6.07, 6.45) is 11.8. The second kappa shape index (κ2) is 23.2. The van der Waals surface area contributed by atoms with E-state index in [2.05, 4.69) is 31.4 Å². The molecule has 22 heteroatoms. The Morgan fingerprint density at radius 2 is 1.72 bits per heavy atom. The number of hydroxylamine groups is 1. The minimum Gasteiger partial charge on any atom is -0.391 e. The minimum atomic E-state index is -3.78. The van der Waals surface area contributed by atoms with Gasteiger partial charge in [0.1, 0.15) is 17.7 Å². The molecule has 1 aliphatic carbocycles. The van der Waals surface area contributed by atoms with Gasteiger partial charge in [0.25, 0.3) is 11.5 Å². The molecule has 7 heterocycles. The molecular weight excluding hydrogens is 1050 g/mol. The van der Waals surface area contributed by atoms with Gasteiger partial charge in [0.05, 0.1) is 63.1 Å². The third-order valence-corrected chi connectivity index (χ3v) is 17.1. The number of aliphatic hydroxyl groups is 1. The molecule has 0 radical (unpaired) electrons. The predicted octanol–water partition coefficient (Wildman–Crippen LogP) is 6.71. The van der Waals surface area contributed by atoms with Crippen molar-refractivity contribution in [1.82, 2.24) is 40.9 Å². The van der Waals surface area contributed by atoms with E-state index in [4.69, 9.17) is 9.83 Å². The number of rotatable bonds is 20. The highest BCUT2D eigenvalue weighted by molar-refractivity contribution is 7.91. The molecule has 422 valence electrons. The Morgan fingerprint density at radius 3 is 2.39 bits per heavy atom. The lowest BCUT2D eigenvalue weighted by Crippen LogP contribution is -2.57. The number of carbonyl (C=O) groups excluding carboxylic acids is 3. The quantitative estimate of drug-likeness (QED) is 0.0581. The Labute approximate surface area is 463 Å². The first-order valence-corrected chi connectivity index (χ1v) is 30.0. The molecule has 0 saturated carbocycles. The number of fused-ring (bicyclic) bond motifs is 2. The number of benzene rings is 1. The van der Waals surface area contributed by atoms with E-state index in [0.717, 1.165) is 78.7 Å². The van der Waals surface area contributed by atoms with Gasteiger partial charge in [-0.3, -0.25) is 19.2 Å². The highest BCUT2D eigenvalue weighted by Gasteiger charge is 2.48. The molecule has 5 atom stereocenters. The van der Waals surface area contributed by atoms with E-state index < -0.39 is 74.1 Å². The second-order valence-corrected chi connectivity index (χ2v) is 25.5. The van der Waals surface area contributed by atoms with Crippen LogP contribution in [0.15, 0.2) is 87.0 Å². The van der Waals surface area contributed by atoms with Crippen molar-refractivity contribution in [2.75, 3.05) is 36.5 Å². The number of hydrogen-bond acceptors (Lipinski definition) is 15. The van der Waals surface area contributed by atoms with Crippen molar-refractivity contribution in [3.05, 3.63) is 122 Å². The molecular formula is C57H70F2N10O8S2. The van der Waals surface area contributed by atoms with Gasteiger partial charge in [-0.1, -0.05) is 83.6 Å². The molecule has 9 rings (SSSR count). The number of β-amino-alcohol motifs (C(OH)–C–C–N with tert-alkyl or cyclic N) is 1. The van der Waals surface area contributed by atoms with Crippen LogP contribution in [0.4, 0.5) is 14.6 Å². The van der Waals surface area contributed by atoms with Crippen molar-refractivity contribution in [1.29, 1.82) is 0 Å². The third-order valence-electron chi connectivity index (χ3n) is 15.3. The first-order chi connectivity index (χ1) is 37.5. The van der Waals surface area contributed by atoms with Crippen molar-refractivity contribution in [2.45, 2.75) is 135 Å². The number of unbranched alkanes of at least 4 members (excludes halogenated alkanes) is 7. The minimum absolute atomic E-state index is 0.0606. The number of amidine groups is 1. The van der Waals surface area contributed by atoms with Crippen LogP contribution in [0, 0.1) is 24.0 Å². The maximum atomic E-state index is 15.4. The summed E-state index contributed by atoms with van der Waals surface area (Å²) in [5, 5.41) is 20.2. The average Bonchev–Trinajstić information content (AvgIpc) is 4.40. The number of halogens is 2. The van der Waals surface area contributed by atoms with Crippen molar-refractivity contribution in [3.63, 3.8) is 0 Å². The fraction of sp³-hybridized carbons (Fsp3) is 0.491. The van der Waals surface area contributed by atoms with Gasteiger partial charge in [0.2, 0.25) is 17.5 Å². The fourth-order valence-corrected chi connectivity index (χ4v) is 12.9. The Morgan fingerprint density at radius 1 is 1.01 bits per heavy atom. The molecule has 5 aliphatic rings. The number of hydrogen-bond donors (Lipinski definition) is 5. The van der Waals surface area contributed by atoms with Crippen LogP contribution in [-0.4, -0.2) is 112 Å². The molecule has 4 aromatic rings. The number of aryl methyl sites for hydroxylation is 2. The lowest BCUT2D eigenvalue weighted by atomic mass is 9.85. The molecule has 18 nitrogen and oxygen atoms in total. The number of carbonyl (C=O) groups is 3. The highest BCUT2D eigenvalue weighted by atomic mass is 32.2. The summed E-state index contributed by atoms with van der Waals surface area (Å²) >= 11 is 1.58. The maximum absolute atomic E-state index is 15.4. The number of nitrogens with zero attached hydrogens (tertiary/aromatic N) is 6. The van der Waals surface area contributed by atoms with Crippen molar-refractivity contribution >= 4 is 61.8 Å². The number of thiazole rings is 1. The van der Waals surface area contributed by atoms with Gasteiger partial charge >= 0.3 is 0 Å². The molecule has 2 unspecified atom stereocenters. The Bertz CT molecular complexity index is 3330. The van der Waals surface area contributed by atoms with Crippen LogP contribution >= 0.6 is 11.3 Å². The number of sulfone groups is 1. The monoisotopic (exact) mass is 1120 g/mol. The maximum Gasteiger partial charge on any atom is 0.260 e. The van der Waals surface area contributed by atoms with Crippen LogP contribution in [0.1, 0.15) is 121 Å². The number of nitrogens with one attached hydrogen (secondary N) is 4. The molecule has 1 saturated heterocycles. The largest absolute Gasteiger partial charge is 0.391 e. The SMILES string of the molecule is Cc1ncsc1-c1ccc([C@]2(C)N=C([C@@H]3C[C@@H](O)CN3C(=O)C(NC(=O)CCCCCCCCCCNC(=O)C3=C(CS(C)(=O)=O)c4ccn(C)c(=O)c4C4=C5C3=CN(c3ncc(F)cc3F)C5CCN4)C(C)(C)C)NO2)cc1. The summed E-state index contributed by atoms with van der Waals surface area (Å²) < 4.78 is 57.0. The van der Waals surface area contributed by atoms with E-state index in [9.17, 15) is 37.1 Å². The van der Waals surface area contributed by atoms with E-state index >= 15 is 4.39 Å². The lowest BCUT2D eigenvalue weighted by Gasteiger charge is -2.35. The third kappa shape index (κ3) is 12.3. The zero-order chi connectivity index (χ0) is 56.6. The number of amides is 3. The van der Waals surface area contributed by atoms with Crippen LogP contribution in [0.5, 0.6) is 0 Å². The first-order valence-electron chi connectivity index (χ1n) is 27.0. The predicted molar refractivity (Wildman–Crippen MR) is 300 cm³/mol. The average molecular weight is 1130 g/mol. The highest BCUT2D eigenvalue weighted by Crippen LogP contribution is 2.47. The zero-order valence-corrected chi connectivity index (χ0v) is 47.4. The standard InChI is InChI=1S/C57H70F2N10O8S2/c1-33-49(78-32-63-33)34-17-19-35(20-18-34)57(5)65-51(66-77-57)43-27-37(70)29-69(43)55(74)50(56(2,3)4)64-44(71)16-14-12-10-8-9-11-13-15-23-61-53(72)45-39-30-68(52-41(59)26-36(58)28-62-52)42-21-24-60-48(46(39)42)47-38(22-25-67(6)54(47)73)40(45)31-79(7,75)76/h17-20,22,25-26,28,30,32,37,42-43,50,60,70H,8-16,21,23-24,27,29,31H2,1-7H3,(H,61,72)(H,64,71)(H,65,66)/t37-,42?,43+,50?,57-/m1/s1. The summed E-state index contributed by atoms with van der Waals surface area (Å²) in [6.45, 7) is 10.3. The number of aliphatic imine (C=N–C) groups is 1. The van der Waals surface area contributed by atoms with Crippen LogP contribution in [0.25, 0.3) is 21.7 Å². The molecule has 4 aliphatic heterocycles. The van der Waals surface area contributed by atoms with Gasteiger partial charge in [-0.05, 0) is 61.3 Å². The summed E-state index contributed by atoms with van der Waals surface area (Å²) in [5.41, 5.74) is 7.50. The van der Waals surface area contributed by atoms with Crippen LogP contribution in [0.3, 0.4) is 0 Å². The summed E-state index contributed by atoms with van der Waals surface area (Å²) in [7, 11) is -2.19. The Hall–Kier alpha value is -6.62. The van der Waals surface area contributed by atoms with Crippen molar-refractivity contribution < 1.29 is 41.5 Å². The summed E-state index contributed by atoms with van der Waals surface area (Å²) in [5.74, 6) is -3.11. The van der Waals surface area contributed by atoms with Gasteiger partial charge in [-0.2, -0.15) is 0 Å². The number of anilines is 1. The van der Waals surface area contributed by atoms with Gasteiger partial charge in [0, 0.05) is 81.0 Å². The van der Waals surface area contributed by atoms with Gasteiger partial charge in [-0.15, -0.1) is 11.3 Å². The Balaban J connectivity index is 0.759. The molecule has 3 amide bonds. The molecule has 5 N–H and O–H groups in total. The fourth-order valence-electron chi connectivity index (χ4n) is 11.3. The second-order valence-electron chi connectivity index (χ2n) is 22.5. The van der Waals surface area contributed by atoms with Crippen LogP contribution in [0.2, 0.25) is 0 Å². The number of aromatic nitrogens is 3. The van der Waals surface area contributed by atoms with E-state index in [-0.39, 0.29) is 60.3 Å². The van der Waals surface area contributed by atoms with E-state index in [1.165, 1.54) is 15.7 Å². The molecule has 0 spiro atoms. The van der Waals surface area contributed by atoms with Crippen molar-refractivity contribution in [3.8, 4) is 10.4 Å². The molecule has 1 aromatic carbocycles.